The molecule has 0 aliphatic rings. The van der Waals surface area contributed by atoms with Gasteiger partial charge in [-0.15, -0.1) is 0 Å². The molecule has 0 aliphatic heterocycles. The summed E-state index contributed by atoms with van der Waals surface area (Å²) in [5, 5.41) is 8.94. The molecule has 0 amide bonds. The molecule has 8 heteroatoms. The van der Waals surface area contributed by atoms with Crippen LogP contribution in [0, 0.1) is 0 Å². The van der Waals surface area contributed by atoms with Crippen LogP contribution in [0.25, 0.3) is 0 Å². The number of hydrogen-bond acceptors (Lipinski definition) is 7. The Hall–Kier alpha value is -1.80. The highest BCUT2D eigenvalue weighted by Gasteiger charge is 2.54. The summed E-state index contributed by atoms with van der Waals surface area (Å²) in [6, 6.07) is 0. The third-order valence-corrected chi connectivity index (χ3v) is 2.05. The van der Waals surface area contributed by atoms with Gasteiger partial charge >= 0.3 is 11.6 Å². The van der Waals surface area contributed by atoms with Crippen LogP contribution in [0.4, 0.5) is 0 Å². The Kier molecular flexibility index (Phi) is 6.00. The van der Waals surface area contributed by atoms with Gasteiger partial charge in [0.25, 0.3) is 6.47 Å². The Balaban J connectivity index is 5.41. The molecule has 0 atom stereocenters. The van der Waals surface area contributed by atoms with Gasteiger partial charge in [0, 0.05) is 12.8 Å². The topological polar surface area (TPSA) is 150 Å². The van der Waals surface area contributed by atoms with E-state index in [2.05, 4.69) is 4.74 Å². The van der Waals surface area contributed by atoms with Gasteiger partial charge in [0.15, 0.2) is 11.6 Å². The second-order valence-corrected chi connectivity index (χ2v) is 3.12. The molecular formula is C9H14N2O6. The summed E-state index contributed by atoms with van der Waals surface area (Å²) in [7, 11) is 0. The van der Waals surface area contributed by atoms with E-state index in [1.807, 2.05) is 0 Å². The maximum absolute atomic E-state index is 11.6. The van der Waals surface area contributed by atoms with Crippen LogP contribution in [-0.2, 0) is 23.9 Å². The number of carboxylic acids is 1. The lowest BCUT2D eigenvalue weighted by Crippen LogP contribution is -2.56. The molecule has 0 heterocycles. The normalized spacial score (nSPS) is 10.7. The number of rotatable bonds is 9. The molecule has 5 N–H and O–H groups in total. The van der Waals surface area contributed by atoms with E-state index in [1.165, 1.54) is 0 Å². The highest BCUT2D eigenvalue weighted by molar-refractivity contribution is 6.26. The van der Waals surface area contributed by atoms with Crippen molar-refractivity contribution in [3.63, 3.8) is 0 Å². The molecule has 96 valence electrons. The number of ether oxygens (including phenoxy) is 1. The van der Waals surface area contributed by atoms with Crippen LogP contribution in [0.15, 0.2) is 0 Å². The van der Waals surface area contributed by atoms with E-state index >= 15 is 0 Å². The maximum atomic E-state index is 11.6. The Bertz CT molecular complexity index is 309. The van der Waals surface area contributed by atoms with Crippen molar-refractivity contribution in [3.05, 3.63) is 0 Å². The van der Waals surface area contributed by atoms with E-state index in [0.717, 1.165) is 0 Å². The van der Waals surface area contributed by atoms with Gasteiger partial charge < -0.3 is 21.3 Å². The highest BCUT2D eigenvalue weighted by atomic mass is 16.6. The van der Waals surface area contributed by atoms with Gasteiger partial charge in [0.05, 0.1) is 0 Å². The summed E-state index contributed by atoms with van der Waals surface area (Å²) < 4.78 is 4.23. The number of carbonyl (C=O) groups excluding carboxylic acids is 3. The molecule has 0 aromatic rings. The van der Waals surface area contributed by atoms with E-state index in [9.17, 15) is 19.2 Å². The zero-order chi connectivity index (χ0) is 13.5. The standard InChI is InChI=1S/C9H14N2O6/c10-3-1-6(13)9(8(15)16,17-5-12)7(14)2-4-11/h5H,1-4,10-11H2,(H,15,16). The Labute approximate surface area is 96.9 Å². The summed E-state index contributed by atoms with van der Waals surface area (Å²) in [6.45, 7) is -0.574. The van der Waals surface area contributed by atoms with Crippen LogP contribution >= 0.6 is 0 Å². The van der Waals surface area contributed by atoms with Gasteiger partial charge in [0.2, 0.25) is 0 Å². The monoisotopic (exact) mass is 246 g/mol. The second-order valence-electron chi connectivity index (χ2n) is 3.12. The number of aliphatic carboxylic acids is 1. The third kappa shape index (κ3) is 3.08. The molecule has 0 aromatic carbocycles. The minimum Gasteiger partial charge on any atom is -0.478 e. The summed E-state index contributed by atoms with van der Waals surface area (Å²) in [5.41, 5.74) is 7.39. The van der Waals surface area contributed by atoms with Crippen molar-refractivity contribution in [2.24, 2.45) is 11.5 Å². The van der Waals surface area contributed by atoms with Gasteiger partial charge in [-0.05, 0) is 13.1 Å². The third-order valence-electron chi connectivity index (χ3n) is 2.05. The fourth-order valence-electron chi connectivity index (χ4n) is 1.26. The molecule has 0 fully saturated rings. The van der Waals surface area contributed by atoms with Crippen molar-refractivity contribution in [1.29, 1.82) is 0 Å². The molecule has 0 unspecified atom stereocenters. The van der Waals surface area contributed by atoms with Crippen molar-refractivity contribution in [1.82, 2.24) is 0 Å². The number of carboxylic acid groups (broad SMARTS) is 1. The minimum atomic E-state index is -2.82. The summed E-state index contributed by atoms with van der Waals surface area (Å²) in [4.78, 5) is 44.5. The van der Waals surface area contributed by atoms with E-state index in [4.69, 9.17) is 16.6 Å². The quantitative estimate of drug-likeness (QED) is 0.307. The molecule has 17 heavy (non-hydrogen) atoms. The van der Waals surface area contributed by atoms with Gasteiger partial charge in [0.1, 0.15) is 0 Å². The number of hydrogen-bond donors (Lipinski definition) is 3. The second kappa shape index (κ2) is 6.71. The summed E-state index contributed by atoms with van der Waals surface area (Å²) in [5.74, 6) is -3.99. The van der Waals surface area contributed by atoms with Crippen LogP contribution in [0.5, 0.6) is 0 Å². The van der Waals surface area contributed by atoms with Gasteiger partial charge in [-0.25, -0.2) is 4.79 Å². The predicted octanol–water partition coefficient (Wildman–Crippen LogP) is -2.18. The van der Waals surface area contributed by atoms with Gasteiger partial charge in [-0.2, -0.15) is 0 Å². The van der Waals surface area contributed by atoms with Crippen molar-refractivity contribution in [2.45, 2.75) is 18.4 Å². The summed E-state index contributed by atoms with van der Waals surface area (Å²) in [6.07, 6.45) is -0.785. The van der Waals surface area contributed by atoms with E-state index in [0.29, 0.717) is 0 Å². The van der Waals surface area contributed by atoms with E-state index < -0.39 is 36.0 Å². The summed E-state index contributed by atoms with van der Waals surface area (Å²) >= 11 is 0. The van der Waals surface area contributed by atoms with E-state index in [1.54, 1.807) is 0 Å². The van der Waals surface area contributed by atoms with Crippen molar-refractivity contribution in [2.75, 3.05) is 13.1 Å². The Morgan fingerprint density at radius 1 is 1.12 bits per heavy atom. The zero-order valence-electron chi connectivity index (χ0n) is 9.05. The number of carbonyl (C=O) groups is 4. The fraction of sp³-hybridized carbons (Fsp3) is 0.556. The van der Waals surface area contributed by atoms with E-state index in [-0.39, 0.29) is 19.6 Å². The zero-order valence-corrected chi connectivity index (χ0v) is 9.05. The SMILES string of the molecule is NCCC(=O)C(OC=O)(C(=O)O)C(=O)CCN. The lowest BCUT2D eigenvalue weighted by atomic mass is 9.89. The van der Waals surface area contributed by atoms with Crippen LogP contribution in [-0.4, -0.2) is 47.8 Å². The lowest BCUT2D eigenvalue weighted by Gasteiger charge is -2.24. The van der Waals surface area contributed by atoms with Crippen LogP contribution in [0.3, 0.4) is 0 Å². The van der Waals surface area contributed by atoms with Gasteiger partial charge in [-0.3, -0.25) is 14.4 Å². The molecular weight excluding hydrogens is 232 g/mol. The molecule has 0 aromatic heterocycles. The average molecular weight is 246 g/mol. The molecule has 0 saturated carbocycles. The van der Waals surface area contributed by atoms with Crippen molar-refractivity contribution in [3.8, 4) is 0 Å². The molecule has 0 spiro atoms. The van der Waals surface area contributed by atoms with Crippen molar-refractivity contribution >= 4 is 24.0 Å². The van der Waals surface area contributed by atoms with Crippen LogP contribution in [0.1, 0.15) is 12.8 Å². The first kappa shape index (κ1) is 15.2. The molecule has 0 bridgehead atoms. The van der Waals surface area contributed by atoms with Crippen LogP contribution < -0.4 is 11.5 Å². The fourth-order valence-corrected chi connectivity index (χ4v) is 1.26. The molecule has 0 aliphatic carbocycles. The molecule has 0 saturated heterocycles. The molecule has 0 rings (SSSR count). The largest absolute Gasteiger partial charge is 0.478 e. The molecule has 8 nitrogen and oxygen atoms in total. The Morgan fingerprint density at radius 2 is 1.53 bits per heavy atom. The van der Waals surface area contributed by atoms with Crippen molar-refractivity contribution < 1.29 is 29.0 Å². The first-order valence-corrected chi connectivity index (χ1v) is 4.79. The smallest absolute Gasteiger partial charge is 0.364 e. The minimum absolute atomic E-state index is 0.161. The molecule has 0 radical (unpaired) electrons. The predicted molar refractivity (Wildman–Crippen MR) is 54.9 cm³/mol. The Morgan fingerprint density at radius 3 is 1.76 bits per heavy atom. The highest BCUT2D eigenvalue weighted by Crippen LogP contribution is 2.18. The average Bonchev–Trinajstić information content (AvgIpc) is 2.25. The van der Waals surface area contributed by atoms with Gasteiger partial charge in [-0.1, -0.05) is 0 Å². The lowest BCUT2D eigenvalue weighted by molar-refractivity contribution is -0.179. The first-order valence-electron chi connectivity index (χ1n) is 4.79. The van der Waals surface area contributed by atoms with Crippen LogP contribution in [0.2, 0.25) is 0 Å². The number of ketones is 2. The number of nitrogens with two attached hydrogens (primary N) is 2. The first-order chi connectivity index (χ1) is 7.97. The number of Topliss-reactive ketones (excluding diaryl/α,β-unsaturated/α-hetero) is 2. The maximum Gasteiger partial charge on any atom is 0.364 e.